The lowest BCUT2D eigenvalue weighted by Crippen LogP contribution is -2.32. The van der Waals surface area contributed by atoms with Crippen LogP contribution in [0.4, 0.5) is 5.69 Å². The maximum atomic E-state index is 11.7. The summed E-state index contributed by atoms with van der Waals surface area (Å²) >= 11 is 1.35. The second-order valence-corrected chi connectivity index (χ2v) is 4.97. The fourth-order valence-electron chi connectivity index (χ4n) is 1.56. The van der Waals surface area contributed by atoms with Gasteiger partial charge < -0.3 is 10.6 Å². The highest BCUT2D eigenvalue weighted by Gasteiger charge is 2.09. The van der Waals surface area contributed by atoms with Crippen molar-refractivity contribution in [3.05, 3.63) is 52.2 Å². The number of rotatable bonds is 4. The van der Waals surface area contributed by atoms with Crippen LogP contribution in [0.25, 0.3) is 0 Å². The predicted octanol–water partition coefficient (Wildman–Crippen LogP) is 2.43. The van der Waals surface area contributed by atoms with Crippen molar-refractivity contribution >= 4 is 28.8 Å². The molecule has 1 aromatic heterocycles. The first-order chi connectivity index (χ1) is 9.16. The quantitative estimate of drug-likeness (QED) is 0.899. The number of anilines is 1. The first kappa shape index (κ1) is 13.3. The van der Waals surface area contributed by atoms with Crippen LogP contribution in [0.5, 0.6) is 0 Å². The molecule has 0 unspecified atom stereocenters. The topological polar surface area (TPSA) is 58.2 Å². The van der Waals surface area contributed by atoms with Crippen molar-refractivity contribution < 1.29 is 9.59 Å². The highest BCUT2D eigenvalue weighted by atomic mass is 32.1. The van der Waals surface area contributed by atoms with Crippen LogP contribution in [0.2, 0.25) is 0 Å². The second-order valence-electron chi connectivity index (χ2n) is 4.02. The molecule has 5 heteroatoms. The van der Waals surface area contributed by atoms with Crippen molar-refractivity contribution in [2.24, 2.45) is 0 Å². The number of carbonyl (C=O) groups is 2. The highest BCUT2D eigenvalue weighted by Crippen LogP contribution is 2.12. The first-order valence-electron chi connectivity index (χ1n) is 5.84. The zero-order chi connectivity index (χ0) is 13.7. The largest absolute Gasteiger partial charge is 0.342 e. The van der Waals surface area contributed by atoms with E-state index < -0.39 is 0 Å². The van der Waals surface area contributed by atoms with Crippen molar-refractivity contribution in [3.8, 4) is 0 Å². The highest BCUT2D eigenvalue weighted by molar-refractivity contribution is 7.12. The molecule has 0 bridgehead atoms. The van der Waals surface area contributed by atoms with E-state index in [-0.39, 0.29) is 18.4 Å². The van der Waals surface area contributed by atoms with Gasteiger partial charge in [0.05, 0.1) is 11.4 Å². The zero-order valence-electron chi connectivity index (χ0n) is 10.5. The molecule has 98 valence electrons. The maximum Gasteiger partial charge on any atom is 0.261 e. The van der Waals surface area contributed by atoms with Gasteiger partial charge in [-0.2, -0.15) is 0 Å². The van der Waals surface area contributed by atoms with Gasteiger partial charge in [0.2, 0.25) is 5.91 Å². The molecule has 0 saturated heterocycles. The van der Waals surface area contributed by atoms with Crippen LogP contribution in [-0.4, -0.2) is 18.4 Å². The number of benzene rings is 1. The molecule has 0 saturated carbocycles. The summed E-state index contributed by atoms with van der Waals surface area (Å²) in [7, 11) is 0. The number of hydrogen-bond acceptors (Lipinski definition) is 3. The zero-order valence-corrected chi connectivity index (χ0v) is 11.3. The summed E-state index contributed by atoms with van der Waals surface area (Å²) in [4.78, 5) is 24.0. The normalized spacial score (nSPS) is 9.95. The molecule has 0 radical (unpaired) electrons. The van der Waals surface area contributed by atoms with Crippen molar-refractivity contribution in [2.45, 2.75) is 6.92 Å². The molecule has 0 aliphatic rings. The summed E-state index contributed by atoms with van der Waals surface area (Å²) in [5, 5.41) is 7.17. The molecule has 1 aromatic carbocycles. The molecular weight excluding hydrogens is 260 g/mol. The Morgan fingerprint density at radius 3 is 2.63 bits per heavy atom. The third-order valence-corrected chi connectivity index (χ3v) is 3.44. The number of amides is 2. The Labute approximate surface area is 115 Å². The first-order valence-corrected chi connectivity index (χ1v) is 6.72. The third-order valence-electron chi connectivity index (χ3n) is 2.57. The van der Waals surface area contributed by atoms with E-state index in [9.17, 15) is 9.59 Å². The van der Waals surface area contributed by atoms with Gasteiger partial charge in [-0.3, -0.25) is 9.59 Å². The van der Waals surface area contributed by atoms with Crippen LogP contribution in [0.3, 0.4) is 0 Å². The molecule has 0 spiro atoms. The second kappa shape index (κ2) is 6.15. The third kappa shape index (κ3) is 3.66. The summed E-state index contributed by atoms with van der Waals surface area (Å²) in [5.74, 6) is -0.464. The van der Waals surface area contributed by atoms with Gasteiger partial charge >= 0.3 is 0 Å². The summed E-state index contributed by atoms with van der Waals surface area (Å²) in [5.41, 5.74) is 1.75. The Balaban J connectivity index is 1.86. The van der Waals surface area contributed by atoms with Crippen LogP contribution in [0, 0.1) is 6.92 Å². The Kier molecular flexibility index (Phi) is 4.30. The van der Waals surface area contributed by atoms with Crippen LogP contribution in [0.15, 0.2) is 41.8 Å². The SMILES string of the molecule is Cc1ccccc1NC(=O)CNC(=O)c1cccs1. The van der Waals surface area contributed by atoms with Crippen molar-refractivity contribution in [3.63, 3.8) is 0 Å². The molecule has 2 rings (SSSR count). The lowest BCUT2D eigenvalue weighted by atomic mass is 10.2. The fraction of sp³-hybridized carbons (Fsp3) is 0.143. The van der Waals surface area contributed by atoms with E-state index in [0.717, 1.165) is 11.3 Å². The molecule has 0 aliphatic heterocycles. The molecular formula is C14H14N2O2S. The van der Waals surface area contributed by atoms with Gasteiger partial charge in [0.15, 0.2) is 0 Å². The fourth-order valence-corrected chi connectivity index (χ4v) is 2.20. The molecule has 19 heavy (non-hydrogen) atoms. The molecule has 2 N–H and O–H groups in total. The van der Waals surface area contributed by atoms with E-state index in [1.54, 1.807) is 12.1 Å². The summed E-state index contributed by atoms with van der Waals surface area (Å²) < 4.78 is 0. The van der Waals surface area contributed by atoms with Gasteiger partial charge in [-0.25, -0.2) is 0 Å². The van der Waals surface area contributed by atoms with Crippen LogP contribution in [-0.2, 0) is 4.79 Å². The van der Waals surface area contributed by atoms with Crippen molar-refractivity contribution in [1.82, 2.24) is 5.32 Å². The molecule has 0 atom stereocenters. The minimum Gasteiger partial charge on any atom is -0.342 e. The lowest BCUT2D eigenvalue weighted by molar-refractivity contribution is -0.115. The molecule has 1 heterocycles. The number of carbonyl (C=O) groups excluding carboxylic acids is 2. The minimum atomic E-state index is -0.237. The predicted molar refractivity (Wildman–Crippen MR) is 76.5 cm³/mol. The van der Waals surface area contributed by atoms with E-state index in [1.807, 2.05) is 36.6 Å². The van der Waals surface area contributed by atoms with Gasteiger partial charge in [0.1, 0.15) is 0 Å². The van der Waals surface area contributed by atoms with Crippen LogP contribution in [0.1, 0.15) is 15.2 Å². The Morgan fingerprint density at radius 1 is 1.16 bits per heavy atom. The number of para-hydroxylation sites is 1. The number of aryl methyl sites for hydroxylation is 1. The number of nitrogens with one attached hydrogen (secondary N) is 2. The minimum absolute atomic E-state index is 0.0366. The number of thiophene rings is 1. The smallest absolute Gasteiger partial charge is 0.261 e. The van der Waals surface area contributed by atoms with E-state index in [2.05, 4.69) is 10.6 Å². The summed E-state index contributed by atoms with van der Waals surface area (Å²) in [6.07, 6.45) is 0. The average molecular weight is 274 g/mol. The summed E-state index contributed by atoms with van der Waals surface area (Å²) in [6.45, 7) is 1.88. The molecule has 2 aromatic rings. The average Bonchev–Trinajstić information content (AvgIpc) is 2.93. The van der Waals surface area contributed by atoms with Gasteiger partial charge in [0, 0.05) is 5.69 Å². The standard InChI is InChI=1S/C14H14N2O2S/c1-10-5-2-3-6-11(10)16-13(17)9-15-14(18)12-7-4-8-19-12/h2-8H,9H2,1H3,(H,15,18)(H,16,17). The summed E-state index contributed by atoms with van der Waals surface area (Å²) in [6, 6.07) is 11.0. The maximum absolute atomic E-state index is 11.7. The van der Waals surface area contributed by atoms with Crippen LogP contribution >= 0.6 is 11.3 Å². The van der Waals surface area contributed by atoms with Gasteiger partial charge in [0.25, 0.3) is 5.91 Å². The van der Waals surface area contributed by atoms with Crippen molar-refractivity contribution in [2.75, 3.05) is 11.9 Å². The van der Waals surface area contributed by atoms with Gasteiger partial charge in [-0.05, 0) is 30.0 Å². The van der Waals surface area contributed by atoms with Gasteiger partial charge in [-0.1, -0.05) is 24.3 Å². The Hall–Kier alpha value is -2.14. The number of hydrogen-bond donors (Lipinski definition) is 2. The van der Waals surface area contributed by atoms with Crippen LogP contribution < -0.4 is 10.6 Å². The lowest BCUT2D eigenvalue weighted by Gasteiger charge is -2.08. The molecule has 0 fully saturated rings. The van der Waals surface area contributed by atoms with E-state index in [0.29, 0.717) is 4.88 Å². The monoisotopic (exact) mass is 274 g/mol. The molecule has 4 nitrogen and oxygen atoms in total. The van der Waals surface area contributed by atoms with E-state index in [4.69, 9.17) is 0 Å². The molecule has 2 amide bonds. The Morgan fingerprint density at radius 2 is 1.95 bits per heavy atom. The van der Waals surface area contributed by atoms with Crippen molar-refractivity contribution in [1.29, 1.82) is 0 Å². The van der Waals surface area contributed by atoms with Gasteiger partial charge in [-0.15, -0.1) is 11.3 Å². The Bertz CT molecular complexity index is 579. The molecule has 0 aliphatic carbocycles. The van der Waals surface area contributed by atoms with E-state index >= 15 is 0 Å². The van der Waals surface area contributed by atoms with E-state index in [1.165, 1.54) is 11.3 Å².